The number of sulfone groups is 1. The summed E-state index contributed by atoms with van der Waals surface area (Å²) < 4.78 is 37.6. The predicted molar refractivity (Wildman–Crippen MR) is 136 cm³/mol. The molecule has 36 heavy (non-hydrogen) atoms. The Bertz CT molecular complexity index is 1500. The maximum Gasteiger partial charge on any atom is 0.231 e. The van der Waals surface area contributed by atoms with E-state index in [0.717, 1.165) is 28.5 Å². The van der Waals surface area contributed by atoms with Crippen molar-refractivity contribution in [1.82, 2.24) is 15.3 Å². The van der Waals surface area contributed by atoms with Crippen LogP contribution in [0.5, 0.6) is 11.5 Å². The fraction of sp³-hybridized carbons (Fsp3) is 0.154. The molecule has 4 aromatic rings. The highest BCUT2D eigenvalue weighted by molar-refractivity contribution is 8.00. The minimum Gasteiger partial charge on any atom is -0.454 e. The van der Waals surface area contributed by atoms with Gasteiger partial charge in [-0.15, -0.1) is 0 Å². The van der Waals surface area contributed by atoms with Crippen molar-refractivity contribution in [3.8, 4) is 22.9 Å². The highest BCUT2D eigenvalue weighted by Crippen LogP contribution is 2.33. The lowest BCUT2D eigenvalue weighted by molar-refractivity contribution is -0.118. The number of imidazole rings is 1. The number of nitrogens with zero attached hydrogens (tertiary/aromatic N) is 1. The Hall–Kier alpha value is -3.76. The molecule has 0 aliphatic carbocycles. The number of rotatable bonds is 8. The van der Waals surface area contributed by atoms with Crippen LogP contribution in [0.25, 0.3) is 11.4 Å². The van der Waals surface area contributed by atoms with E-state index in [0.29, 0.717) is 23.9 Å². The number of carbonyl (C=O) groups excluding carboxylic acids is 1. The molecule has 0 bridgehead atoms. The van der Waals surface area contributed by atoms with Gasteiger partial charge in [0.05, 0.1) is 10.6 Å². The molecule has 184 valence electrons. The number of hydrogen-bond donors (Lipinski definition) is 2. The molecule has 10 heteroatoms. The topological polar surface area (TPSA) is 110 Å². The average molecular weight is 522 g/mol. The molecule has 0 saturated carbocycles. The van der Waals surface area contributed by atoms with Gasteiger partial charge in [0, 0.05) is 12.1 Å². The van der Waals surface area contributed by atoms with Crippen LogP contribution < -0.4 is 14.8 Å². The largest absolute Gasteiger partial charge is 0.454 e. The Morgan fingerprint density at radius 1 is 1.03 bits per heavy atom. The number of amides is 1. The molecular formula is C26H23N3O5S2. The Morgan fingerprint density at radius 3 is 2.56 bits per heavy atom. The Labute approximate surface area is 213 Å². The van der Waals surface area contributed by atoms with Crippen LogP contribution in [0.4, 0.5) is 0 Å². The van der Waals surface area contributed by atoms with Gasteiger partial charge in [-0.1, -0.05) is 65.9 Å². The third-order valence-electron chi connectivity index (χ3n) is 5.55. The van der Waals surface area contributed by atoms with Crippen molar-refractivity contribution in [3.05, 3.63) is 83.9 Å². The molecule has 8 nitrogen and oxygen atoms in total. The monoisotopic (exact) mass is 521 g/mol. The molecule has 3 aromatic carbocycles. The van der Waals surface area contributed by atoms with Crippen molar-refractivity contribution < 1.29 is 22.7 Å². The zero-order chi connectivity index (χ0) is 25.1. The summed E-state index contributed by atoms with van der Waals surface area (Å²) in [5.41, 5.74) is 2.57. The van der Waals surface area contributed by atoms with Crippen LogP contribution in [0.3, 0.4) is 0 Å². The van der Waals surface area contributed by atoms with Gasteiger partial charge in [-0.05, 0) is 36.8 Å². The molecule has 0 saturated heterocycles. The number of thioether (sulfide) groups is 1. The molecule has 1 aliphatic heterocycles. The molecule has 2 heterocycles. The minimum atomic E-state index is -3.88. The fourth-order valence-corrected chi connectivity index (χ4v) is 6.08. The van der Waals surface area contributed by atoms with E-state index in [-0.39, 0.29) is 33.4 Å². The molecule has 0 unspecified atom stereocenters. The van der Waals surface area contributed by atoms with E-state index in [9.17, 15) is 13.2 Å². The fourth-order valence-electron chi connectivity index (χ4n) is 3.63. The second kappa shape index (κ2) is 10.1. The number of aromatic amines is 1. The van der Waals surface area contributed by atoms with Crippen molar-refractivity contribution in [3.63, 3.8) is 0 Å². The molecule has 1 aliphatic rings. The van der Waals surface area contributed by atoms with E-state index < -0.39 is 9.84 Å². The van der Waals surface area contributed by atoms with E-state index in [4.69, 9.17) is 9.47 Å². The highest BCUT2D eigenvalue weighted by atomic mass is 32.2. The van der Waals surface area contributed by atoms with Gasteiger partial charge in [0.1, 0.15) is 10.9 Å². The molecule has 1 aromatic heterocycles. The molecule has 0 spiro atoms. The van der Waals surface area contributed by atoms with E-state index >= 15 is 0 Å². The lowest BCUT2D eigenvalue weighted by Crippen LogP contribution is -2.24. The van der Waals surface area contributed by atoms with Gasteiger partial charge in [0.2, 0.25) is 22.5 Å². The van der Waals surface area contributed by atoms with Crippen molar-refractivity contribution in [1.29, 1.82) is 0 Å². The van der Waals surface area contributed by atoms with Crippen LogP contribution in [0, 0.1) is 6.92 Å². The number of aryl methyl sites for hydroxylation is 1. The lowest BCUT2D eigenvalue weighted by Gasteiger charge is -2.07. The quantitative estimate of drug-likeness (QED) is 0.332. The summed E-state index contributed by atoms with van der Waals surface area (Å²) >= 11 is 1.07. The molecule has 5 rings (SSSR count). The van der Waals surface area contributed by atoms with Crippen LogP contribution in [0.2, 0.25) is 0 Å². The number of fused-ring (bicyclic) bond motifs is 1. The number of aromatic nitrogens is 2. The van der Waals surface area contributed by atoms with Crippen LogP contribution in [-0.2, 0) is 21.2 Å². The summed E-state index contributed by atoms with van der Waals surface area (Å²) in [5.74, 6) is 1.49. The van der Waals surface area contributed by atoms with E-state index in [1.165, 1.54) is 0 Å². The van der Waals surface area contributed by atoms with Crippen molar-refractivity contribution in [2.75, 3.05) is 12.5 Å². The summed E-state index contributed by atoms with van der Waals surface area (Å²) in [7, 11) is -3.88. The molecule has 2 N–H and O–H groups in total. The van der Waals surface area contributed by atoms with Crippen molar-refractivity contribution in [2.45, 2.75) is 28.4 Å². The molecule has 1 amide bonds. The van der Waals surface area contributed by atoms with Crippen LogP contribution in [0.1, 0.15) is 11.1 Å². The third kappa shape index (κ3) is 5.09. The van der Waals surface area contributed by atoms with Gasteiger partial charge >= 0.3 is 0 Å². The molecule has 0 fully saturated rings. The number of ether oxygens (including phenoxy) is 2. The first-order valence-electron chi connectivity index (χ1n) is 11.2. The zero-order valence-electron chi connectivity index (χ0n) is 19.4. The predicted octanol–water partition coefficient (Wildman–Crippen LogP) is 4.36. The smallest absolute Gasteiger partial charge is 0.231 e. The maximum atomic E-state index is 13.5. The van der Waals surface area contributed by atoms with Gasteiger partial charge in [-0.2, -0.15) is 0 Å². The molecule has 0 radical (unpaired) electrons. The SMILES string of the molecule is Cc1ccc(S(=O)(=O)c2[nH]c(-c3ccccc3)nc2SCC(=O)NCc2ccc3c(c2)OCO3)cc1. The first kappa shape index (κ1) is 24.0. The van der Waals surface area contributed by atoms with Gasteiger partial charge < -0.3 is 19.8 Å². The van der Waals surface area contributed by atoms with Gasteiger partial charge in [0.15, 0.2) is 16.5 Å². The van der Waals surface area contributed by atoms with Crippen LogP contribution in [-0.4, -0.2) is 36.8 Å². The number of carbonyl (C=O) groups is 1. The Morgan fingerprint density at radius 2 is 1.78 bits per heavy atom. The summed E-state index contributed by atoms with van der Waals surface area (Å²) in [6.07, 6.45) is 0. The molecular weight excluding hydrogens is 498 g/mol. The normalized spacial score (nSPS) is 12.5. The van der Waals surface area contributed by atoms with Gasteiger partial charge in [0.25, 0.3) is 0 Å². The second-order valence-corrected chi connectivity index (χ2v) is 11.0. The first-order valence-corrected chi connectivity index (χ1v) is 13.6. The van der Waals surface area contributed by atoms with Gasteiger partial charge in [-0.25, -0.2) is 13.4 Å². The number of nitrogens with one attached hydrogen (secondary N) is 2. The maximum absolute atomic E-state index is 13.5. The first-order chi connectivity index (χ1) is 17.4. The average Bonchev–Trinajstić information content (AvgIpc) is 3.54. The lowest BCUT2D eigenvalue weighted by atomic mass is 10.2. The third-order valence-corrected chi connectivity index (χ3v) is 8.38. The summed E-state index contributed by atoms with van der Waals surface area (Å²) in [6.45, 7) is 2.38. The van der Waals surface area contributed by atoms with E-state index in [1.807, 2.05) is 49.4 Å². The number of benzene rings is 3. The van der Waals surface area contributed by atoms with Crippen molar-refractivity contribution >= 4 is 27.5 Å². The molecule has 0 atom stereocenters. The van der Waals surface area contributed by atoms with Crippen molar-refractivity contribution in [2.24, 2.45) is 0 Å². The second-order valence-electron chi connectivity index (χ2n) is 8.16. The summed E-state index contributed by atoms with van der Waals surface area (Å²) in [5, 5.41) is 3.07. The Balaban J connectivity index is 1.34. The zero-order valence-corrected chi connectivity index (χ0v) is 21.0. The Kier molecular flexibility index (Phi) is 6.71. The van der Waals surface area contributed by atoms with Crippen LogP contribution >= 0.6 is 11.8 Å². The van der Waals surface area contributed by atoms with Crippen LogP contribution in [0.15, 0.2) is 87.7 Å². The number of H-pyrrole nitrogens is 1. The summed E-state index contributed by atoms with van der Waals surface area (Å²) in [6, 6.07) is 21.4. The number of hydrogen-bond acceptors (Lipinski definition) is 7. The standard InChI is InChI=1S/C26H23N3O5S2/c1-17-7-10-20(11-8-17)36(31,32)26-25(28-24(29-26)19-5-3-2-4-6-19)35-15-23(30)27-14-18-9-12-21-22(13-18)34-16-33-21/h2-13H,14-16H2,1H3,(H,27,30)(H,28,29). The van der Waals surface area contributed by atoms with Gasteiger partial charge in [-0.3, -0.25) is 4.79 Å². The minimum absolute atomic E-state index is 0.0000523. The highest BCUT2D eigenvalue weighted by Gasteiger charge is 2.27. The van der Waals surface area contributed by atoms with E-state index in [2.05, 4.69) is 15.3 Å². The van der Waals surface area contributed by atoms with E-state index in [1.54, 1.807) is 30.3 Å². The summed E-state index contributed by atoms with van der Waals surface area (Å²) in [4.78, 5) is 20.3.